The predicted octanol–water partition coefficient (Wildman–Crippen LogP) is 2.80. The van der Waals surface area contributed by atoms with Gasteiger partial charge in [0.15, 0.2) is 0 Å². The summed E-state index contributed by atoms with van der Waals surface area (Å²) in [5, 5.41) is 57.3. The van der Waals surface area contributed by atoms with Crippen molar-refractivity contribution in [3.63, 3.8) is 0 Å². The highest BCUT2D eigenvalue weighted by Crippen LogP contribution is 2.24. The van der Waals surface area contributed by atoms with Gasteiger partial charge in [0.05, 0.1) is 36.5 Å². The zero-order valence-electron chi connectivity index (χ0n) is 19.7. The molecule has 200 valence electrons. The van der Waals surface area contributed by atoms with Crippen molar-refractivity contribution in [2.24, 2.45) is 5.92 Å². The number of esters is 3. The number of phenols is 6. The number of ether oxygens (including phenoxy) is 3. The monoisotopic (exact) mass is 528 g/mol. The molecule has 0 amide bonds. The molecule has 0 unspecified atom stereocenters. The highest BCUT2D eigenvalue weighted by molar-refractivity contribution is 5.91. The van der Waals surface area contributed by atoms with Gasteiger partial charge in [0.2, 0.25) is 0 Å². The normalized spacial score (nSPS) is 10.7. The molecule has 3 rings (SSSR count). The Kier molecular flexibility index (Phi) is 8.82. The second-order valence-corrected chi connectivity index (χ2v) is 8.20. The first kappa shape index (κ1) is 27.5. The Balaban J connectivity index is 1.64. The van der Waals surface area contributed by atoms with Crippen LogP contribution in [0.25, 0.3) is 0 Å². The molecule has 0 aliphatic heterocycles. The van der Waals surface area contributed by atoms with Gasteiger partial charge in [-0.05, 0) is 42.8 Å². The molecule has 0 aliphatic carbocycles. The third-order valence-electron chi connectivity index (χ3n) is 5.07. The van der Waals surface area contributed by atoms with Crippen LogP contribution in [0.1, 0.15) is 37.5 Å². The van der Waals surface area contributed by atoms with Crippen molar-refractivity contribution >= 4 is 17.9 Å². The lowest BCUT2D eigenvalue weighted by molar-refractivity contribution is 0.0173. The largest absolute Gasteiger partial charge is 0.508 e. The molecule has 0 radical (unpaired) electrons. The number of hydrogen-bond donors (Lipinski definition) is 6. The van der Waals surface area contributed by atoms with Gasteiger partial charge in [0, 0.05) is 24.1 Å². The lowest BCUT2D eigenvalue weighted by Gasteiger charge is -2.18. The smallest absolute Gasteiger partial charge is 0.338 e. The van der Waals surface area contributed by atoms with E-state index < -0.39 is 23.8 Å². The van der Waals surface area contributed by atoms with E-state index in [2.05, 4.69) is 0 Å². The van der Waals surface area contributed by atoms with Gasteiger partial charge in [-0.3, -0.25) is 0 Å². The van der Waals surface area contributed by atoms with Gasteiger partial charge in [-0.1, -0.05) is 0 Å². The minimum atomic E-state index is -0.891. The van der Waals surface area contributed by atoms with Crippen LogP contribution in [-0.4, -0.2) is 68.4 Å². The van der Waals surface area contributed by atoms with Gasteiger partial charge in [-0.25, -0.2) is 14.4 Å². The summed E-state index contributed by atoms with van der Waals surface area (Å²) in [4.78, 5) is 37.0. The molecule has 0 aromatic heterocycles. The van der Waals surface area contributed by atoms with Crippen LogP contribution >= 0.6 is 0 Å². The van der Waals surface area contributed by atoms with E-state index in [-0.39, 0.29) is 77.4 Å². The van der Waals surface area contributed by atoms with Gasteiger partial charge < -0.3 is 44.8 Å². The minimum absolute atomic E-state index is 0.0354. The molecule has 0 atom stereocenters. The van der Waals surface area contributed by atoms with E-state index >= 15 is 0 Å². The molecule has 3 aromatic rings. The van der Waals surface area contributed by atoms with E-state index in [1.165, 1.54) is 0 Å². The Bertz CT molecular complexity index is 1210. The van der Waals surface area contributed by atoms with E-state index in [1.807, 2.05) is 0 Å². The Morgan fingerprint density at radius 3 is 1.11 bits per heavy atom. The summed E-state index contributed by atoms with van der Waals surface area (Å²) < 4.78 is 15.6. The fourth-order valence-electron chi connectivity index (χ4n) is 3.31. The molecule has 0 saturated carbocycles. The zero-order valence-corrected chi connectivity index (χ0v) is 19.7. The second-order valence-electron chi connectivity index (χ2n) is 8.20. The highest BCUT2D eigenvalue weighted by Gasteiger charge is 2.20. The molecular formula is C26H24O12. The fraction of sp³-hybridized carbons (Fsp3) is 0.192. The van der Waals surface area contributed by atoms with E-state index in [9.17, 15) is 45.0 Å². The number of carbonyl (C=O) groups is 3. The molecule has 0 aliphatic rings. The van der Waals surface area contributed by atoms with Gasteiger partial charge in [0.1, 0.15) is 34.5 Å². The summed E-state index contributed by atoms with van der Waals surface area (Å²) in [6.07, 6.45) is 0.0354. The van der Waals surface area contributed by atoms with E-state index in [0.29, 0.717) is 0 Å². The summed E-state index contributed by atoms with van der Waals surface area (Å²) in [6.45, 7) is -0.870. The van der Waals surface area contributed by atoms with Gasteiger partial charge in [0.25, 0.3) is 0 Å². The lowest BCUT2D eigenvalue weighted by Crippen LogP contribution is -2.23. The quantitative estimate of drug-likeness (QED) is 0.166. The minimum Gasteiger partial charge on any atom is -0.508 e. The molecule has 0 heterocycles. The maximum atomic E-state index is 12.4. The summed E-state index contributed by atoms with van der Waals surface area (Å²) in [7, 11) is 0. The Morgan fingerprint density at radius 1 is 0.500 bits per heavy atom. The first-order chi connectivity index (χ1) is 18.0. The summed E-state index contributed by atoms with van der Waals surface area (Å²) in [5.74, 6) is -5.46. The first-order valence-electron chi connectivity index (χ1n) is 11.1. The molecule has 12 heteroatoms. The van der Waals surface area contributed by atoms with Gasteiger partial charge >= 0.3 is 17.9 Å². The van der Waals surface area contributed by atoms with Crippen molar-refractivity contribution < 1.29 is 59.2 Å². The van der Waals surface area contributed by atoms with Crippen LogP contribution in [0.4, 0.5) is 0 Å². The molecule has 0 saturated heterocycles. The third-order valence-corrected chi connectivity index (χ3v) is 5.07. The van der Waals surface area contributed by atoms with Crippen molar-refractivity contribution in [1.82, 2.24) is 0 Å². The molecule has 12 nitrogen and oxygen atoms in total. The maximum Gasteiger partial charge on any atom is 0.338 e. The summed E-state index contributed by atoms with van der Waals surface area (Å²) in [5.41, 5.74) is -0.378. The average molecular weight is 528 g/mol. The molecular weight excluding hydrogens is 504 g/mol. The van der Waals surface area contributed by atoms with Gasteiger partial charge in [-0.2, -0.15) is 0 Å². The van der Waals surface area contributed by atoms with Crippen molar-refractivity contribution in [2.75, 3.05) is 19.8 Å². The van der Waals surface area contributed by atoms with Crippen LogP contribution in [0.2, 0.25) is 0 Å². The van der Waals surface area contributed by atoms with Crippen LogP contribution in [0.15, 0.2) is 54.6 Å². The maximum absolute atomic E-state index is 12.4. The molecule has 6 N–H and O–H groups in total. The number of phenolic OH excluding ortho intramolecular Hbond substituents is 6. The Labute approximate surface area is 215 Å². The number of benzene rings is 3. The SMILES string of the molecule is O=C(OCCC(COC(=O)c1cc(O)cc(O)c1)COC(=O)c1cc(O)cc(O)c1)c1cc(O)cc(O)c1. The van der Waals surface area contributed by atoms with Crippen LogP contribution in [-0.2, 0) is 14.2 Å². The number of hydrogen-bond acceptors (Lipinski definition) is 12. The molecule has 0 fully saturated rings. The Hall–Kier alpha value is -5.13. The third kappa shape index (κ3) is 7.95. The molecule has 3 aromatic carbocycles. The number of carbonyl (C=O) groups excluding carboxylic acids is 3. The average Bonchev–Trinajstić information content (AvgIpc) is 2.83. The lowest BCUT2D eigenvalue weighted by atomic mass is 10.1. The van der Waals surface area contributed by atoms with Crippen molar-refractivity contribution in [1.29, 1.82) is 0 Å². The van der Waals surface area contributed by atoms with Crippen LogP contribution < -0.4 is 0 Å². The molecule has 0 spiro atoms. The van der Waals surface area contributed by atoms with E-state index in [0.717, 1.165) is 54.6 Å². The summed E-state index contributed by atoms with van der Waals surface area (Å²) in [6, 6.07) is 9.61. The highest BCUT2D eigenvalue weighted by atomic mass is 16.6. The van der Waals surface area contributed by atoms with Crippen LogP contribution in [0, 0.1) is 5.92 Å². The zero-order chi connectivity index (χ0) is 27.8. The second kappa shape index (κ2) is 12.2. The molecule has 0 bridgehead atoms. The van der Waals surface area contributed by atoms with Gasteiger partial charge in [-0.15, -0.1) is 0 Å². The van der Waals surface area contributed by atoms with Crippen LogP contribution in [0.3, 0.4) is 0 Å². The molecule has 38 heavy (non-hydrogen) atoms. The van der Waals surface area contributed by atoms with Crippen LogP contribution in [0.5, 0.6) is 34.5 Å². The topological polar surface area (TPSA) is 200 Å². The van der Waals surface area contributed by atoms with Crippen molar-refractivity contribution in [3.05, 3.63) is 71.3 Å². The van der Waals surface area contributed by atoms with Crippen molar-refractivity contribution in [2.45, 2.75) is 6.42 Å². The summed E-state index contributed by atoms with van der Waals surface area (Å²) >= 11 is 0. The standard InChI is InChI=1S/C26H24O12/c27-18-3-15(4-19(28)9-18)24(33)36-2-1-14(12-37-25(34)16-5-20(29)10-21(30)6-16)13-38-26(35)17-7-22(31)11-23(32)8-17/h3-11,14,27-32H,1-2,12-13H2. The number of aromatic hydroxyl groups is 6. The predicted molar refractivity (Wildman–Crippen MR) is 128 cm³/mol. The number of rotatable bonds is 10. The first-order valence-corrected chi connectivity index (χ1v) is 11.1. The fourth-order valence-corrected chi connectivity index (χ4v) is 3.31. The Morgan fingerprint density at radius 2 is 0.789 bits per heavy atom. The van der Waals surface area contributed by atoms with E-state index in [1.54, 1.807) is 0 Å². The van der Waals surface area contributed by atoms with Crippen molar-refractivity contribution in [3.8, 4) is 34.5 Å². The van der Waals surface area contributed by atoms with E-state index in [4.69, 9.17) is 14.2 Å².